The summed E-state index contributed by atoms with van der Waals surface area (Å²) in [4.78, 5) is 16.9. The Kier molecular flexibility index (Phi) is 7.51. The average molecular weight is 295 g/mol. The molecule has 1 amide bonds. The van der Waals surface area contributed by atoms with Crippen LogP contribution in [-0.4, -0.2) is 61.5 Å². The van der Waals surface area contributed by atoms with Crippen LogP contribution in [-0.2, 0) is 4.79 Å². The molecule has 0 bridgehead atoms. The minimum absolute atomic E-state index is 0.360. The largest absolute Gasteiger partial charge is 0.342 e. The summed E-state index contributed by atoms with van der Waals surface area (Å²) in [5.41, 5.74) is 0. The van der Waals surface area contributed by atoms with E-state index in [0.29, 0.717) is 12.5 Å². The Morgan fingerprint density at radius 3 is 2.57 bits per heavy atom. The van der Waals surface area contributed by atoms with Gasteiger partial charge in [-0.05, 0) is 57.7 Å². The topological polar surface area (TPSA) is 35.6 Å². The maximum absolute atomic E-state index is 12.5. The summed E-state index contributed by atoms with van der Waals surface area (Å²) in [6, 6.07) is 0. The molecule has 122 valence electrons. The molecule has 0 radical (unpaired) electrons. The first kappa shape index (κ1) is 16.8. The van der Waals surface area contributed by atoms with E-state index in [9.17, 15) is 4.79 Å². The van der Waals surface area contributed by atoms with E-state index in [1.54, 1.807) is 0 Å². The molecule has 0 saturated carbocycles. The highest BCUT2D eigenvalue weighted by Gasteiger charge is 2.23. The summed E-state index contributed by atoms with van der Waals surface area (Å²) in [6.45, 7) is 9.23. The standard InChI is InChI=1S/C17H33N3O/c1-2-9-18-13-16-8-7-10-19(14-16)15-17(21)20-11-5-3-4-6-12-20/h16,18H,2-15H2,1H3. The van der Waals surface area contributed by atoms with Crippen molar-refractivity contribution in [2.75, 3.05) is 45.8 Å². The van der Waals surface area contributed by atoms with E-state index in [0.717, 1.165) is 45.2 Å². The van der Waals surface area contributed by atoms with Crippen LogP contribution in [0.2, 0.25) is 0 Å². The number of rotatable bonds is 6. The molecule has 2 rings (SSSR count). The van der Waals surface area contributed by atoms with Gasteiger partial charge in [-0.2, -0.15) is 0 Å². The Morgan fingerprint density at radius 1 is 1.10 bits per heavy atom. The molecule has 0 aromatic heterocycles. The lowest BCUT2D eigenvalue weighted by Gasteiger charge is -2.33. The van der Waals surface area contributed by atoms with Crippen LogP contribution in [0.4, 0.5) is 0 Å². The molecule has 1 N–H and O–H groups in total. The number of hydrogen-bond donors (Lipinski definition) is 1. The molecule has 21 heavy (non-hydrogen) atoms. The molecule has 2 saturated heterocycles. The third-order valence-electron chi connectivity index (χ3n) is 4.78. The van der Waals surface area contributed by atoms with Gasteiger partial charge in [0.25, 0.3) is 0 Å². The van der Waals surface area contributed by atoms with Crippen molar-refractivity contribution in [1.82, 2.24) is 15.1 Å². The van der Waals surface area contributed by atoms with E-state index in [-0.39, 0.29) is 0 Å². The zero-order valence-electron chi connectivity index (χ0n) is 13.8. The van der Waals surface area contributed by atoms with E-state index < -0.39 is 0 Å². The molecule has 4 nitrogen and oxygen atoms in total. The summed E-state index contributed by atoms with van der Waals surface area (Å²) in [7, 11) is 0. The molecule has 2 aliphatic rings. The van der Waals surface area contributed by atoms with Crippen molar-refractivity contribution in [2.24, 2.45) is 5.92 Å². The van der Waals surface area contributed by atoms with Gasteiger partial charge >= 0.3 is 0 Å². The molecule has 0 aromatic rings. The Hall–Kier alpha value is -0.610. The fourth-order valence-corrected chi connectivity index (χ4v) is 3.56. The number of carbonyl (C=O) groups excluding carboxylic acids is 1. The van der Waals surface area contributed by atoms with Crippen LogP contribution in [0.1, 0.15) is 51.9 Å². The summed E-state index contributed by atoms with van der Waals surface area (Å²) in [5, 5.41) is 3.53. The van der Waals surface area contributed by atoms with E-state index in [1.165, 1.54) is 44.9 Å². The van der Waals surface area contributed by atoms with Gasteiger partial charge in [-0.25, -0.2) is 0 Å². The maximum atomic E-state index is 12.5. The first-order chi connectivity index (χ1) is 10.3. The van der Waals surface area contributed by atoms with Gasteiger partial charge in [-0.15, -0.1) is 0 Å². The molecule has 1 atom stereocenters. The first-order valence-electron chi connectivity index (χ1n) is 9.00. The molecule has 0 aromatic carbocycles. The van der Waals surface area contributed by atoms with Crippen molar-refractivity contribution in [3.05, 3.63) is 0 Å². The van der Waals surface area contributed by atoms with Gasteiger partial charge in [-0.3, -0.25) is 9.69 Å². The maximum Gasteiger partial charge on any atom is 0.236 e. The predicted octanol–water partition coefficient (Wildman–Crippen LogP) is 2.10. The fraction of sp³-hybridized carbons (Fsp3) is 0.941. The predicted molar refractivity (Wildman–Crippen MR) is 87.4 cm³/mol. The fourth-order valence-electron chi connectivity index (χ4n) is 3.56. The molecular weight excluding hydrogens is 262 g/mol. The lowest BCUT2D eigenvalue weighted by atomic mass is 9.98. The molecule has 0 aliphatic carbocycles. The lowest BCUT2D eigenvalue weighted by molar-refractivity contribution is -0.132. The molecule has 1 unspecified atom stereocenters. The molecule has 2 aliphatic heterocycles. The zero-order chi connectivity index (χ0) is 14.9. The van der Waals surface area contributed by atoms with E-state index in [4.69, 9.17) is 0 Å². The van der Waals surface area contributed by atoms with Gasteiger partial charge in [0.15, 0.2) is 0 Å². The van der Waals surface area contributed by atoms with Crippen molar-refractivity contribution in [3.63, 3.8) is 0 Å². The third-order valence-corrected chi connectivity index (χ3v) is 4.78. The van der Waals surface area contributed by atoms with E-state index in [1.807, 2.05) is 0 Å². The van der Waals surface area contributed by atoms with Crippen LogP contribution in [0.5, 0.6) is 0 Å². The minimum atomic E-state index is 0.360. The van der Waals surface area contributed by atoms with Crippen LogP contribution in [0.25, 0.3) is 0 Å². The summed E-state index contributed by atoms with van der Waals surface area (Å²) in [5.74, 6) is 1.08. The van der Waals surface area contributed by atoms with Crippen LogP contribution in [0, 0.1) is 5.92 Å². The highest BCUT2D eigenvalue weighted by molar-refractivity contribution is 5.78. The van der Waals surface area contributed by atoms with Crippen LogP contribution in [0.15, 0.2) is 0 Å². The van der Waals surface area contributed by atoms with Crippen molar-refractivity contribution in [2.45, 2.75) is 51.9 Å². The number of piperidine rings is 1. The van der Waals surface area contributed by atoms with Crippen molar-refractivity contribution < 1.29 is 4.79 Å². The number of amides is 1. The summed E-state index contributed by atoms with van der Waals surface area (Å²) >= 11 is 0. The highest BCUT2D eigenvalue weighted by Crippen LogP contribution is 2.16. The van der Waals surface area contributed by atoms with Crippen LogP contribution >= 0.6 is 0 Å². The molecular formula is C17H33N3O. The van der Waals surface area contributed by atoms with Gasteiger partial charge in [-0.1, -0.05) is 19.8 Å². The Bertz CT molecular complexity index is 300. The van der Waals surface area contributed by atoms with Gasteiger partial charge in [0.1, 0.15) is 0 Å². The molecule has 2 heterocycles. The Balaban J connectivity index is 1.72. The van der Waals surface area contributed by atoms with Crippen LogP contribution in [0.3, 0.4) is 0 Å². The minimum Gasteiger partial charge on any atom is -0.342 e. The summed E-state index contributed by atoms with van der Waals surface area (Å²) < 4.78 is 0. The Morgan fingerprint density at radius 2 is 1.86 bits per heavy atom. The monoisotopic (exact) mass is 295 g/mol. The second-order valence-corrected chi connectivity index (χ2v) is 6.74. The van der Waals surface area contributed by atoms with E-state index >= 15 is 0 Å². The molecule has 2 fully saturated rings. The SMILES string of the molecule is CCCNCC1CCCN(CC(=O)N2CCCCCC2)C1. The second kappa shape index (κ2) is 9.42. The zero-order valence-corrected chi connectivity index (χ0v) is 13.8. The smallest absolute Gasteiger partial charge is 0.236 e. The lowest BCUT2D eigenvalue weighted by Crippen LogP contribution is -2.46. The quantitative estimate of drug-likeness (QED) is 0.762. The van der Waals surface area contributed by atoms with Crippen LogP contribution < -0.4 is 5.32 Å². The van der Waals surface area contributed by atoms with Gasteiger partial charge in [0, 0.05) is 19.6 Å². The summed E-state index contributed by atoms with van der Waals surface area (Å²) in [6.07, 6.45) is 8.71. The highest BCUT2D eigenvalue weighted by atomic mass is 16.2. The van der Waals surface area contributed by atoms with Gasteiger partial charge in [0.05, 0.1) is 6.54 Å². The number of nitrogens with zero attached hydrogens (tertiary/aromatic N) is 2. The Labute approximate surface area is 130 Å². The van der Waals surface area contributed by atoms with Crippen molar-refractivity contribution in [3.8, 4) is 0 Å². The van der Waals surface area contributed by atoms with Gasteiger partial charge in [0.2, 0.25) is 5.91 Å². The number of nitrogens with one attached hydrogen (secondary N) is 1. The van der Waals surface area contributed by atoms with E-state index in [2.05, 4.69) is 22.0 Å². The molecule has 4 heteroatoms. The second-order valence-electron chi connectivity index (χ2n) is 6.74. The van der Waals surface area contributed by atoms with Gasteiger partial charge < -0.3 is 10.2 Å². The average Bonchev–Trinajstić information content (AvgIpc) is 2.77. The first-order valence-corrected chi connectivity index (χ1v) is 9.00. The number of hydrogen-bond acceptors (Lipinski definition) is 3. The third kappa shape index (κ3) is 5.95. The number of likely N-dealkylation sites (tertiary alicyclic amines) is 2. The number of carbonyl (C=O) groups is 1. The normalized spacial score (nSPS) is 24.8. The van der Waals surface area contributed by atoms with Crippen molar-refractivity contribution in [1.29, 1.82) is 0 Å². The van der Waals surface area contributed by atoms with Crippen molar-refractivity contribution >= 4 is 5.91 Å². The molecule has 0 spiro atoms.